The highest BCUT2D eigenvalue weighted by molar-refractivity contribution is 5.58. The van der Waals surface area contributed by atoms with Crippen LogP contribution in [0.1, 0.15) is 24.4 Å². The Bertz CT molecular complexity index is 623. The summed E-state index contributed by atoms with van der Waals surface area (Å²) in [5.41, 5.74) is 1.59. The Kier molecular flexibility index (Phi) is 2.58. The van der Waals surface area contributed by atoms with Crippen LogP contribution in [0.25, 0.3) is 11.4 Å². The Morgan fingerprint density at radius 1 is 1.44 bits per heavy atom. The minimum absolute atomic E-state index is 0.221. The van der Waals surface area contributed by atoms with Gasteiger partial charge in [0.2, 0.25) is 0 Å². The van der Waals surface area contributed by atoms with Crippen molar-refractivity contribution in [1.82, 2.24) is 20.1 Å². The smallest absolute Gasteiger partial charge is 0.164 e. The van der Waals surface area contributed by atoms with Crippen LogP contribution in [0.5, 0.6) is 0 Å². The zero-order valence-electron chi connectivity index (χ0n) is 10.1. The van der Waals surface area contributed by atoms with Crippen molar-refractivity contribution in [3.05, 3.63) is 35.7 Å². The van der Waals surface area contributed by atoms with Gasteiger partial charge >= 0.3 is 0 Å². The highest BCUT2D eigenvalue weighted by atomic mass is 15.3. The van der Waals surface area contributed by atoms with E-state index < -0.39 is 0 Å². The van der Waals surface area contributed by atoms with E-state index in [1.54, 1.807) is 6.07 Å². The number of rotatable bonds is 1. The fourth-order valence-electron chi connectivity index (χ4n) is 2.28. The predicted octanol–water partition coefficient (Wildman–Crippen LogP) is 1.48. The van der Waals surface area contributed by atoms with Crippen LogP contribution in [0.2, 0.25) is 0 Å². The van der Waals surface area contributed by atoms with E-state index in [9.17, 15) is 0 Å². The molecule has 90 valence electrons. The van der Waals surface area contributed by atoms with Crippen molar-refractivity contribution in [2.45, 2.75) is 19.5 Å². The minimum Gasteiger partial charge on any atom is -0.308 e. The van der Waals surface area contributed by atoms with Crippen molar-refractivity contribution in [2.75, 3.05) is 6.54 Å². The lowest BCUT2D eigenvalue weighted by atomic mass is 10.1. The molecule has 5 nitrogen and oxygen atoms in total. The van der Waals surface area contributed by atoms with Gasteiger partial charge in [-0.3, -0.25) is 0 Å². The van der Waals surface area contributed by atoms with Crippen LogP contribution in [0.15, 0.2) is 24.3 Å². The van der Waals surface area contributed by atoms with E-state index in [1.165, 1.54) is 0 Å². The van der Waals surface area contributed by atoms with E-state index in [2.05, 4.69) is 33.1 Å². The summed E-state index contributed by atoms with van der Waals surface area (Å²) in [4.78, 5) is 0. The summed E-state index contributed by atoms with van der Waals surface area (Å²) in [6.07, 6.45) is 0. The second-order valence-electron chi connectivity index (χ2n) is 4.40. The SMILES string of the molecule is C[C@@H]1NCCn2c(-c3cccc(C#N)c3)nnc21. The Hall–Kier alpha value is -2.19. The van der Waals surface area contributed by atoms with Gasteiger partial charge in [0.05, 0.1) is 17.7 Å². The molecule has 0 fully saturated rings. The molecule has 3 rings (SSSR count). The molecule has 2 heterocycles. The first-order valence-corrected chi connectivity index (χ1v) is 5.96. The Balaban J connectivity index is 2.10. The molecular weight excluding hydrogens is 226 g/mol. The lowest BCUT2D eigenvalue weighted by Gasteiger charge is -2.21. The summed E-state index contributed by atoms with van der Waals surface area (Å²) in [6.45, 7) is 3.85. The molecule has 5 heteroatoms. The van der Waals surface area contributed by atoms with Gasteiger partial charge < -0.3 is 9.88 Å². The van der Waals surface area contributed by atoms with Crippen molar-refractivity contribution in [2.24, 2.45) is 0 Å². The van der Waals surface area contributed by atoms with Crippen molar-refractivity contribution in [3.63, 3.8) is 0 Å². The summed E-state index contributed by atoms with van der Waals surface area (Å²) in [5.74, 6) is 1.80. The molecule has 0 spiro atoms. The van der Waals surface area contributed by atoms with E-state index in [0.29, 0.717) is 5.56 Å². The van der Waals surface area contributed by atoms with Gasteiger partial charge in [-0.15, -0.1) is 10.2 Å². The zero-order valence-corrected chi connectivity index (χ0v) is 10.1. The molecule has 1 aromatic carbocycles. The Labute approximate surface area is 105 Å². The van der Waals surface area contributed by atoms with E-state index in [-0.39, 0.29) is 6.04 Å². The molecule has 0 bridgehead atoms. The number of benzene rings is 1. The van der Waals surface area contributed by atoms with Gasteiger partial charge in [-0.1, -0.05) is 12.1 Å². The van der Waals surface area contributed by atoms with Crippen molar-refractivity contribution in [3.8, 4) is 17.5 Å². The molecule has 18 heavy (non-hydrogen) atoms. The number of hydrogen-bond donors (Lipinski definition) is 1. The van der Waals surface area contributed by atoms with Gasteiger partial charge in [0, 0.05) is 18.7 Å². The van der Waals surface area contributed by atoms with E-state index in [4.69, 9.17) is 5.26 Å². The highest BCUT2D eigenvalue weighted by Gasteiger charge is 2.21. The minimum atomic E-state index is 0.221. The maximum Gasteiger partial charge on any atom is 0.164 e. The third-order valence-electron chi connectivity index (χ3n) is 3.20. The Morgan fingerprint density at radius 3 is 3.17 bits per heavy atom. The third kappa shape index (κ3) is 1.67. The average molecular weight is 239 g/mol. The molecule has 1 aliphatic rings. The summed E-state index contributed by atoms with van der Waals surface area (Å²) in [5, 5.41) is 20.8. The standard InChI is InChI=1S/C13H13N5/c1-9-12-16-17-13(18(12)6-5-15-9)11-4-2-3-10(7-11)8-14/h2-4,7,9,15H,5-6H2,1H3/t9-/m0/s1. The van der Waals surface area contributed by atoms with Crippen molar-refractivity contribution in [1.29, 1.82) is 5.26 Å². The van der Waals surface area contributed by atoms with Gasteiger partial charge in [-0.2, -0.15) is 5.26 Å². The molecule has 2 aromatic rings. The number of nitrogens with zero attached hydrogens (tertiary/aromatic N) is 4. The molecule has 1 aromatic heterocycles. The molecule has 0 radical (unpaired) electrons. The topological polar surface area (TPSA) is 66.5 Å². The molecule has 0 amide bonds. The zero-order chi connectivity index (χ0) is 12.5. The second kappa shape index (κ2) is 4.24. The normalized spacial score (nSPS) is 18.1. The van der Waals surface area contributed by atoms with Crippen LogP contribution < -0.4 is 5.32 Å². The van der Waals surface area contributed by atoms with E-state index in [1.807, 2.05) is 18.2 Å². The number of aromatic nitrogens is 3. The summed E-state index contributed by atoms with van der Waals surface area (Å²) in [6, 6.07) is 9.85. The monoisotopic (exact) mass is 239 g/mol. The molecule has 0 aliphatic carbocycles. The predicted molar refractivity (Wildman–Crippen MR) is 66.6 cm³/mol. The maximum absolute atomic E-state index is 8.94. The lowest BCUT2D eigenvalue weighted by molar-refractivity contribution is 0.439. The number of nitriles is 1. The largest absolute Gasteiger partial charge is 0.308 e. The van der Waals surface area contributed by atoms with Crippen LogP contribution >= 0.6 is 0 Å². The summed E-state index contributed by atoms with van der Waals surface area (Å²) < 4.78 is 2.12. The molecule has 1 aliphatic heterocycles. The van der Waals surface area contributed by atoms with E-state index in [0.717, 1.165) is 30.3 Å². The molecule has 1 atom stereocenters. The highest BCUT2D eigenvalue weighted by Crippen LogP contribution is 2.23. The number of fused-ring (bicyclic) bond motifs is 1. The van der Waals surface area contributed by atoms with Crippen LogP contribution in [-0.2, 0) is 6.54 Å². The molecule has 1 N–H and O–H groups in total. The fourth-order valence-corrected chi connectivity index (χ4v) is 2.28. The molecular formula is C13H13N5. The van der Waals surface area contributed by atoms with Crippen molar-refractivity contribution < 1.29 is 0 Å². The Morgan fingerprint density at radius 2 is 2.33 bits per heavy atom. The quantitative estimate of drug-likeness (QED) is 0.818. The summed E-state index contributed by atoms with van der Waals surface area (Å²) >= 11 is 0. The number of hydrogen-bond acceptors (Lipinski definition) is 4. The first-order chi connectivity index (χ1) is 8.79. The molecule has 0 unspecified atom stereocenters. The summed E-state index contributed by atoms with van der Waals surface area (Å²) in [7, 11) is 0. The second-order valence-corrected chi connectivity index (χ2v) is 4.40. The molecule has 0 saturated heterocycles. The van der Waals surface area contributed by atoms with Gasteiger partial charge in [-0.05, 0) is 19.1 Å². The fraction of sp³-hybridized carbons (Fsp3) is 0.308. The van der Waals surface area contributed by atoms with Gasteiger partial charge in [0.15, 0.2) is 5.82 Å². The van der Waals surface area contributed by atoms with E-state index >= 15 is 0 Å². The van der Waals surface area contributed by atoms with Crippen LogP contribution in [0, 0.1) is 11.3 Å². The van der Waals surface area contributed by atoms with Gasteiger partial charge in [-0.25, -0.2) is 0 Å². The van der Waals surface area contributed by atoms with Crippen LogP contribution in [0.3, 0.4) is 0 Å². The van der Waals surface area contributed by atoms with Crippen LogP contribution in [0.4, 0.5) is 0 Å². The van der Waals surface area contributed by atoms with Crippen molar-refractivity contribution >= 4 is 0 Å². The number of nitrogens with one attached hydrogen (secondary N) is 1. The molecule has 0 saturated carbocycles. The first kappa shape index (κ1) is 10.9. The lowest BCUT2D eigenvalue weighted by Crippen LogP contribution is -2.32. The van der Waals surface area contributed by atoms with Crippen LogP contribution in [-0.4, -0.2) is 21.3 Å². The maximum atomic E-state index is 8.94. The van der Waals surface area contributed by atoms with Gasteiger partial charge in [0.25, 0.3) is 0 Å². The third-order valence-corrected chi connectivity index (χ3v) is 3.20. The van der Waals surface area contributed by atoms with Gasteiger partial charge in [0.1, 0.15) is 5.82 Å². The first-order valence-electron chi connectivity index (χ1n) is 5.96. The average Bonchev–Trinajstić information content (AvgIpc) is 2.84.